The molecule has 0 saturated carbocycles. The van der Waals surface area contributed by atoms with E-state index in [1.54, 1.807) is 4.90 Å². The summed E-state index contributed by atoms with van der Waals surface area (Å²) in [4.78, 5) is 30.8. The quantitative estimate of drug-likeness (QED) is 0.905. The highest BCUT2D eigenvalue weighted by atomic mass is 32.1. The van der Waals surface area contributed by atoms with E-state index in [2.05, 4.69) is 10.3 Å². The highest BCUT2D eigenvalue weighted by molar-refractivity contribution is 7.13. The molecular weight excluding hydrogens is 322 g/mol. The predicted octanol–water partition coefficient (Wildman–Crippen LogP) is 3.26. The Labute approximate surface area is 146 Å². The molecule has 2 rings (SSSR count). The summed E-state index contributed by atoms with van der Waals surface area (Å²) in [5, 5.41) is 5.19. The molecule has 0 unspecified atom stereocenters. The van der Waals surface area contributed by atoms with Crippen LogP contribution in [0.5, 0.6) is 0 Å². The summed E-state index contributed by atoms with van der Waals surface area (Å²) in [5.74, 6) is -0.306. The Kier molecular flexibility index (Phi) is 5.72. The summed E-state index contributed by atoms with van der Waals surface area (Å²) in [6, 6.07) is 9.55. The fraction of sp³-hybridized carbons (Fsp3) is 0.389. The summed E-state index contributed by atoms with van der Waals surface area (Å²) in [5.41, 5.74) is 1.36. The lowest BCUT2D eigenvalue weighted by atomic mass is 10.0. The van der Waals surface area contributed by atoms with Gasteiger partial charge in [0.05, 0.1) is 12.1 Å². The van der Waals surface area contributed by atoms with Crippen molar-refractivity contribution in [2.75, 3.05) is 11.9 Å². The van der Waals surface area contributed by atoms with Gasteiger partial charge in [-0.05, 0) is 33.3 Å². The molecule has 0 saturated heterocycles. The van der Waals surface area contributed by atoms with Crippen LogP contribution in [-0.4, -0.2) is 33.8 Å². The molecule has 0 spiro atoms. The number of hydrogen-bond acceptors (Lipinski definition) is 4. The van der Waals surface area contributed by atoms with Gasteiger partial charge in [-0.2, -0.15) is 0 Å². The van der Waals surface area contributed by atoms with E-state index in [1.807, 2.05) is 63.4 Å². The molecule has 1 aromatic heterocycles. The third kappa shape index (κ3) is 5.16. The number of hydrogen-bond donors (Lipinski definition) is 1. The Hall–Kier alpha value is -2.21. The monoisotopic (exact) mass is 345 g/mol. The molecule has 0 bridgehead atoms. The molecule has 24 heavy (non-hydrogen) atoms. The van der Waals surface area contributed by atoms with E-state index >= 15 is 0 Å². The largest absolute Gasteiger partial charge is 0.328 e. The second-order valence-electron chi connectivity index (χ2n) is 6.66. The molecule has 0 atom stereocenters. The maximum absolute atomic E-state index is 12.7. The molecule has 2 amide bonds. The molecule has 6 heteroatoms. The number of benzene rings is 1. The maximum atomic E-state index is 12.7. The van der Waals surface area contributed by atoms with Gasteiger partial charge in [0.2, 0.25) is 11.8 Å². The van der Waals surface area contributed by atoms with Crippen molar-refractivity contribution in [3.63, 3.8) is 0 Å². The van der Waals surface area contributed by atoms with Crippen molar-refractivity contribution in [3.8, 4) is 0 Å². The van der Waals surface area contributed by atoms with Crippen LogP contribution in [-0.2, 0) is 16.0 Å². The van der Waals surface area contributed by atoms with Gasteiger partial charge >= 0.3 is 0 Å². The maximum Gasteiger partial charge on any atom is 0.245 e. The lowest BCUT2D eigenvalue weighted by Gasteiger charge is -2.35. The molecule has 1 N–H and O–H groups in total. The van der Waals surface area contributed by atoms with Crippen LogP contribution in [0.4, 0.5) is 5.13 Å². The first-order valence-electron chi connectivity index (χ1n) is 7.82. The minimum absolute atomic E-state index is 0.00773. The van der Waals surface area contributed by atoms with Crippen LogP contribution in [0.2, 0.25) is 0 Å². The zero-order chi connectivity index (χ0) is 17.7. The average molecular weight is 345 g/mol. The minimum Gasteiger partial charge on any atom is -0.328 e. The first kappa shape index (κ1) is 18.1. The molecule has 1 heterocycles. The van der Waals surface area contributed by atoms with Crippen LogP contribution < -0.4 is 5.32 Å². The number of anilines is 1. The number of aromatic nitrogens is 1. The highest BCUT2D eigenvalue weighted by Crippen LogP contribution is 2.17. The Morgan fingerprint density at radius 3 is 2.42 bits per heavy atom. The summed E-state index contributed by atoms with van der Waals surface area (Å²) >= 11 is 1.38. The fourth-order valence-electron chi connectivity index (χ4n) is 2.28. The van der Waals surface area contributed by atoms with Crippen molar-refractivity contribution in [2.45, 2.75) is 39.7 Å². The second-order valence-corrected chi connectivity index (χ2v) is 7.51. The number of carbonyl (C=O) groups excluding carboxylic acids is 2. The van der Waals surface area contributed by atoms with Gasteiger partial charge in [0, 0.05) is 10.9 Å². The van der Waals surface area contributed by atoms with Crippen LogP contribution in [0.3, 0.4) is 0 Å². The Morgan fingerprint density at radius 2 is 1.88 bits per heavy atom. The van der Waals surface area contributed by atoms with Crippen molar-refractivity contribution < 1.29 is 9.59 Å². The molecule has 0 aliphatic rings. The Bertz CT molecular complexity index is 705. The van der Waals surface area contributed by atoms with Gasteiger partial charge in [0.1, 0.15) is 6.54 Å². The molecule has 0 aliphatic heterocycles. The number of nitrogens with one attached hydrogen (secondary N) is 1. The van der Waals surface area contributed by atoms with Gasteiger partial charge in [0.15, 0.2) is 5.13 Å². The third-order valence-corrected chi connectivity index (χ3v) is 4.35. The molecule has 2 aromatic rings. The van der Waals surface area contributed by atoms with Gasteiger partial charge < -0.3 is 10.2 Å². The van der Waals surface area contributed by atoms with E-state index in [-0.39, 0.29) is 24.8 Å². The summed E-state index contributed by atoms with van der Waals surface area (Å²) in [7, 11) is 0. The van der Waals surface area contributed by atoms with Crippen LogP contribution >= 0.6 is 11.3 Å². The minimum atomic E-state index is -0.442. The number of carbonyl (C=O) groups is 2. The van der Waals surface area contributed by atoms with Crippen molar-refractivity contribution >= 4 is 28.3 Å². The molecular formula is C18H23N3O2S. The zero-order valence-electron chi connectivity index (χ0n) is 14.5. The summed E-state index contributed by atoms with van der Waals surface area (Å²) in [6.07, 6.45) is 0.280. The smallest absolute Gasteiger partial charge is 0.245 e. The lowest BCUT2D eigenvalue weighted by molar-refractivity contribution is -0.138. The number of aryl methyl sites for hydroxylation is 1. The normalized spacial score (nSPS) is 11.2. The summed E-state index contributed by atoms with van der Waals surface area (Å²) in [6.45, 7) is 7.66. The number of rotatable bonds is 5. The summed E-state index contributed by atoms with van der Waals surface area (Å²) < 4.78 is 0. The Morgan fingerprint density at radius 1 is 1.21 bits per heavy atom. The van der Waals surface area contributed by atoms with Crippen molar-refractivity contribution in [1.29, 1.82) is 0 Å². The molecule has 128 valence electrons. The highest BCUT2D eigenvalue weighted by Gasteiger charge is 2.28. The molecule has 0 radical (unpaired) electrons. The SMILES string of the molecule is Cc1csc(NC(=O)CN(C(=O)Cc2ccccc2)C(C)(C)C)n1. The van der Waals surface area contributed by atoms with Gasteiger partial charge in [-0.25, -0.2) is 4.98 Å². The lowest BCUT2D eigenvalue weighted by Crippen LogP contribution is -2.49. The third-order valence-electron chi connectivity index (χ3n) is 3.48. The van der Waals surface area contributed by atoms with Crippen molar-refractivity contribution in [1.82, 2.24) is 9.88 Å². The topological polar surface area (TPSA) is 62.3 Å². The van der Waals surface area contributed by atoms with E-state index in [4.69, 9.17) is 0 Å². The molecule has 0 fully saturated rings. The zero-order valence-corrected chi connectivity index (χ0v) is 15.3. The van der Waals surface area contributed by atoms with E-state index in [9.17, 15) is 9.59 Å². The molecule has 5 nitrogen and oxygen atoms in total. The van der Waals surface area contributed by atoms with Gasteiger partial charge in [0.25, 0.3) is 0 Å². The first-order chi connectivity index (χ1) is 11.3. The van der Waals surface area contributed by atoms with E-state index in [0.717, 1.165) is 11.3 Å². The van der Waals surface area contributed by atoms with Crippen LogP contribution in [0, 0.1) is 6.92 Å². The fourth-order valence-corrected chi connectivity index (χ4v) is 2.98. The van der Waals surface area contributed by atoms with Crippen LogP contribution in [0.25, 0.3) is 0 Å². The van der Waals surface area contributed by atoms with E-state index in [1.165, 1.54) is 11.3 Å². The number of amides is 2. The number of nitrogens with zero attached hydrogens (tertiary/aromatic N) is 2. The first-order valence-corrected chi connectivity index (χ1v) is 8.70. The standard InChI is InChI=1S/C18H23N3O2S/c1-13-12-24-17(19-13)20-15(22)11-21(18(2,3)4)16(23)10-14-8-6-5-7-9-14/h5-9,12H,10-11H2,1-4H3,(H,19,20,22). The van der Waals surface area contributed by atoms with Crippen LogP contribution in [0.1, 0.15) is 32.0 Å². The van der Waals surface area contributed by atoms with Gasteiger partial charge in [-0.1, -0.05) is 30.3 Å². The molecule has 1 aromatic carbocycles. The average Bonchev–Trinajstić information content (AvgIpc) is 2.89. The van der Waals surface area contributed by atoms with Crippen molar-refractivity contribution in [2.24, 2.45) is 0 Å². The van der Waals surface area contributed by atoms with Crippen LogP contribution in [0.15, 0.2) is 35.7 Å². The second kappa shape index (κ2) is 7.57. The van der Waals surface area contributed by atoms with Crippen molar-refractivity contribution in [3.05, 3.63) is 47.0 Å². The predicted molar refractivity (Wildman–Crippen MR) is 97.1 cm³/mol. The van der Waals surface area contributed by atoms with E-state index < -0.39 is 5.54 Å². The van der Waals surface area contributed by atoms with E-state index in [0.29, 0.717) is 5.13 Å². The number of thiazole rings is 1. The Balaban J connectivity index is 2.05. The van der Waals surface area contributed by atoms with Gasteiger partial charge in [-0.15, -0.1) is 11.3 Å². The molecule has 0 aliphatic carbocycles. The van der Waals surface area contributed by atoms with Gasteiger partial charge in [-0.3, -0.25) is 9.59 Å².